The van der Waals surface area contributed by atoms with E-state index in [2.05, 4.69) is 0 Å². The van der Waals surface area contributed by atoms with E-state index in [-0.39, 0.29) is 18.0 Å². The third-order valence-corrected chi connectivity index (χ3v) is 3.43. The zero-order valence-electron chi connectivity index (χ0n) is 11.2. The van der Waals surface area contributed by atoms with Gasteiger partial charge < -0.3 is 20.1 Å². The highest BCUT2D eigenvalue weighted by molar-refractivity contribution is 5.84. The van der Waals surface area contributed by atoms with Gasteiger partial charge in [0.1, 0.15) is 0 Å². The highest BCUT2D eigenvalue weighted by atomic mass is 16.5. The van der Waals surface area contributed by atoms with Crippen LogP contribution < -0.4 is 5.73 Å². The zero-order chi connectivity index (χ0) is 13.1. The van der Waals surface area contributed by atoms with Crippen molar-refractivity contribution in [1.82, 2.24) is 4.90 Å². The van der Waals surface area contributed by atoms with Gasteiger partial charge in [-0.15, -0.1) is 0 Å². The number of hydrogen-bond acceptors (Lipinski definition) is 4. The standard InChI is InChI=1S/C12H24N2O3/c1-9(2)14(5-6-16-4)11(15)12(3)8-17-7-10(12)13/h9-10H,5-8,13H2,1-4H3. The number of rotatable bonds is 5. The number of carbonyl (C=O) groups excluding carboxylic acids is 1. The summed E-state index contributed by atoms with van der Waals surface area (Å²) in [6, 6.07) is -0.0823. The number of amides is 1. The first-order chi connectivity index (χ1) is 7.93. The van der Waals surface area contributed by atoms with Gasteiger partial charge in [-0.2, -0.15) is 0 Å². The van der Waals surface area contributed by atoms with Gasteiger partial charge in [-0.1, -0.05) is 0 Å². The Kier molecular flexibility index (Phi) is 4.91. The van der Waals surface area contributed by atoms with Gasteiger partial charge in [0.05, 0.1) is 25.2 Å². The van der Waals surface area contributed by atoms with E-state index in [9.17, 15) is 4.79 Å². The number of ether oxygens (including phenoxy) is 2. The van der Waals surface area contributed by atoms with E-state index >= 15 is 0 Å². The Morgan fingerprint density at radius 1 is 1.65 bits per heavy atom. The lowest BCUT2D eigenvalue weighted by Crippen LogP contribution is -2.54. The molecule has 2 N–H and O–H groups in total. The molecule has 2 unspecified atom stereocenters. The fourth-order valence-corrected chi connectivity index (χ4v) is 2.02. The molecule has 5 nitrogen and oxygen atoms in total. The van der Waals surface area contributed by atoms with Crippen LogP contribution in [0.4, 0.5) is 0 Å². The lowest BCUT2D eigenvalue weighted by molar-refractivity contribution is -0.144. The van der Waals surface area contributed by atoms with Crippen LogP contribution in [-0.4, -0.2) is 56.4 Å². The summed E-state index contributed by atoms with van der Waals surface area (Å²) in [5, 5.41) is 0. The molecule has 2 atom stereocenters. The molecule has 100 valence electrons. The minimum atomic E-state index is -0.599. The smallest absolute Gasteiger partial charge is 0.232 e. The Morgan fingerprint density at radius 2 is 2.29 bits per heavy atom. The highest BCUT2D eigenvalue weighted by Crippen LogP contribution is 2.30. The minimum Gasteiger partial charge on any atom is -0.383 e. The summed E-state index contributed by atoms with van der Waals surface area (Å²) < 4.78 is 10.4. The number of nitrogens with two attached hydrogens (primary N) is 1. The monoisotopic (exact) mass is 244 g/mol. The molecule has 1 aliphatic heterocycles. The molecule has 5 heteroatoms. The molecule has 1 saturated heterocycles. The fourth-order valence-electron chi connectivity index (χ4n) is 2.02. The van der Waals surface area contributed by atoms with E-state index in [1.54, 1.807) is 7.11 Å². The van der Waals surface area contributed by atoms with Crippen molar-refractivity contribution in [2.24, 2.45) is 11.1 Å². The maximum atomic E-state index is 12.5. The number of nitrogens with zero attached hydrogens (tertiary/aromatic N) is 1. The lowest BCUT2D eigenvalue weighted by atomic mass is 9.84. The average Bonchev–Trinajstić information content (AvgIpc) is 2.60. The molecule has 1 amide bonds. The molecule has 1 heterocycles. The van der Waals surface area contributed by atoms with Crippen molar-refractivity contribution < 1.29 is 14.3 Å². The first-order valence-corrected chi connectivity index (χ1v) is 6.06. The van der Waals surface area contributed by atoms with Crippen molar-refractivity contribution >= 4 is 5.91 Å². The van der Waals surface area contributed by atoms with Gasteiger partial charge in [-0.05, 0) is 20.8 Å². The van der Waals surface area contributed by atoms with Crippen molar-refractivity contribution in [3.8, 4) is 0 Å². The second kappa shape index (κ2) is 5.80. The molecule has 1 rings (SSSR count). The third kappa shape index (κ3) is 2.97. The summed E-state index contributed by atoms with van der Waals surface area (Å²) in [5.41, 5.74) is 5.38. The van der Waals surface area contributed by atoms with Crippen LogP contribution in [0.2, 0.25) is 0 Å². The average molecular weight is 244 g/mol. The van der Waals surface area contributed by atoms with Gasteiger partial charge >= 0.3 is 0 Å². The van der Waals surface area contributed by atoms with Gasteiger partial charge in [0, 0.05) is 25.7 Å². The molecular weight excluding hydrogens is 220 g/mol. The van der Waals surface area contributed by atoms with Crippen molar-refractivity contribution in [2.75, 3.05) is 33.5 Å². The van der Waals surface area contributed by atoms with Crippen LogP contribution in [0.1, 0.15) is 20.8 Å². The molecule has 17 heavy (non-hydrogen) atoms. The van der Waals surface area contributed by atoms with E-state index in [0.29, 0.717) is 26.4 Å². The normalized spacial score (nSPS) is 28.7. The summed E-state index contributed by atoms with van der Waals surface area (Å²) in [7, 11) is 1.63. The Balaban J connectivity index is 2.76. The van der Waals surface area contributed by atoms with E-state index in [1.165, 1.54) is 0 Å². The van der Waals surface area contributed by atoms with Crippen molar-refractivity contribution in [2.45, 2.75) is 32.9 Å². The topological polar surface area (TPSA) is 64.8 Å². The first-order valence-electron chi connectivity index (χ1n) is 6.06. The highest BCUT2D eigenvalue weighted by Gasteiger charge is 2.46. The second-order valence-corrected chi connectivity index (χ2v) is 5.12. The maximum Gasteiger partial charge on any atom is 0.232 e. The van der Waals surface area contributed by atoms with E-state index in [1.807, 2.05) is 25.7 Å². The molecule has 1 fully saturated rings. The maximum absolute atomic E-state index is 12.5. The van der Waals surface area contributed by atoms with Crippen LogP contribution in [0.15, 0.2) is 0 Å². The molecule has 0 aliphatic carbocycles. The molecule has 0 radical (unpaired) electrons. The van der Waals surface area contributed by atoms with Crippen molar-refractivity contribution in [3.63, 3.8) is 0 Å². The van der Waals surface area contributed by atoms with Crippen molar-refractivity contribution in [3.05, 3.63) is 0 Å². The van der Waals surface area contributed by atoms with Gasteiger partial charge in [-0.25, -0.2) is 0 Å². The van der Waals surface area contributed by atoms with E-state index in [0.717, 1.165) is 0 Å². The summed E-state index contributed by atoms with van der Waals surface area (Å²) >= 11 is 0. The summed E-state index contributed by atoms with van der Waals surface area (Å²) in [6.45, 7) is 7.87. The van der Waals surface area contributed by atoms with Crippen LogP contribution in [-0.2, 0) is 14.3 Å². The van der Waals surface area contributed by atoms with Crippen LogP contribution in [0.25, 0.3) is 0 Å². The van der Waals surface area contributed by atoms with Gasteiger partial charge in [-0.3, -0.25) is 4.79 Å². The lowest BCUT2D eigenvalue weighted by Gasteiger charge is -2.35. The SMILES string of the molecule is COCCN(C(=O)C1(C)COCC1N)C(C)C. The molecule has 0 aromatic rings. The van der Waals surface area contributed by atoms with E-state index in [4.69, 9.17) is 15.2 Å². The number of carbonyl (C=O) groups is 1. The summed E-state index contributed by atoms with van der Waals surface area (Å²) in [6.07, 6.45) is 0. The Bertz CT molecular complexity index is 270. The largest absolute Gasteiger partial charge is 0.383 e. The Hall–Kier alpha value is -0.650. The molecule has 0 aromatic carbocycles. The predicted molar refractivity (Wildman–Crippen MR) is 65.6 cm³/mol. The summed E-state index contributed by atoms with van der Waals surface area (Å²) in [4.78, 5) is 14.4. The van der Waals surface area contributed by atoms with Crippen LogP contribution in [0.5, 0.6) is 0 Å². The molecule has 0 bridgehead atoms. The fraction of sp³-hybridized carbons (Fsp3) is 0.917. The van der Waals surface area contributed by atoms with Crippen molar-refractivity contribution in [1.29, 1.82) is 0 Å². The number of hydrogen-bond donors (Lipinski definition) is 1. The molecule has 1 aliphatic rings. The Morgan fingerprint density at radius 3 is 2.71 bits per heavy atom. The van der Waals surface area contributed by atoms with Gasteiger partial charge in [0.15, 0.2) is 0 Å². The van der Waals surface area contributed by atoms with E-state index < -0.39 is 5.41 Å². The van der Waals surface area contributed by atoms with Gasteiger partial charge in [0.2, 0.25) is 5.91 Å². The molecular formula is C12H24N2O3. The third-order valence-electron chi connectivity index (χ3n) is 3.43. The minimum absolute atomic E-state index is 0.0644. The summed E-state index contributed by atoms with van der Waals surface area (Å²) in [5.74, 6) is 0.0644. The number of methoxy groups -OCH3 is 1. The quantitative estimate of drug-likeness (QED) is 0.752. The van der Waals surface area contributed by atoms with Crippen LogP contribution in [0, 0.1) is 5.41 Å². The predicted octanol–water partition coefficient (Wildman–Crippen LogP) is 0.234. The first kappa shape index (κ1) is 14.4. The second-order valence-electron chi connectivity index (χ2n) is 5.12. The van der Waals surface area contributed by atoms with Gasteiger partial charge in [0.25, 0.3) is 0 Å². The molecule has 0 spiro atoms. The Labute approximate surface area is 103 Å². The zero-order valence-corrected chi connectivity index (χ0v) is 11.2. The van der Waals surface area contributed by atoms with Crippen LogP contribution >= 0.6 is 0 Å². The molecule has 0 saturated carbocycles. The molecule has 0 aromatic heterocycles. The van der Waals surface area contributed by atoms with Crippen LogP contribution in [0.3, 0.4) is 0 Å².